The summed E-state index contributed by atoms with van der Waals surface area (Å²) in [5.41, 5.74) is 0. The van der Waals surface area contributed by atoms with E-state index in [0.717, 1.165) is 6.92 Å². The molecular formula is C10H15F3O. The van der Waals surface area contributed by atoms with Crippen LogP contribution in [-0.4, -0.2) is 12.8 Å². The van der Waals surface area contributed by atoms with E-state index >= 15 is 0 Å². The van der Waals surface area contributed by atoms with Crippen LogP contribution in [0, 0.1) is 17.8 Å². The maximum absolute atomic E-state index is 12.3. The lowest BCUT2D eigenvalue weighted by Gasteiger charge is -2.16. The molecule has 1 heterocycles. The Morgan fingerprint density at radius 1 is 1.36 bits per heavy atom. The summed E-state index contributed by atoms with van der Waals surface area (Å²) in [5, 5.41) is 0. The zero-order valence-electron chi connectivity index (χ0n) is 8.56. The predicted octanol–water partition coefficient (Wildman–Crippen LogP) is 3.37. The van der Waals surface area contributed by atoms with Gasteiger partial charge in [0.15, 0.2) is 0 Å². The minimum Gasteiger partial charge on any atom is -0.497 e. The molecule has 0 saturated heterocycles. The highest BCUT2D eigenvalue weighted by Gasteiger charge is 2.41. The van der Waals surface area contributed by atoms with Gasteiger partial charge in [-0.3, -0.25) is 0 Å². The normalized spacial score (nSPS) is 24.8. The van der Waals surface area contributed by atoms with E-state index in [1.54, 1.807) is 6.08 Å². The summed E-state index contributed by atoms with van der Waals surface area (Å²) in [6, 6.07) is 0. The Balaban J connectivity index is 2.68. The Morgan fingerprint density at radius 2 is 1.93 bits per heavy atom. The van der Waals surface area contributed by atoms with Crippen molar-refractivity contribution < 1.29 is 17.9 Å². The molecule has 0 aliphatic carbocycles. The maximum Gasteiger partial charge on any atom is 0.398 e. The summed E-state index contributed by atoms with van der Waals surface area (Å²) < 4.78 is 42.0. The number of halogens is 3. The third-order valence-electron chi connectivity index (χ3n) is 2.59. The van der Waals surface area contributed by atoms with Crippen molar-refractivity contribution in [3.8, 4) is 0 Å². The van der Waals surface area contributed by atoms with Gasteiger partial charge in [0.1, 0.15) is 11.7 Å². The minimum absolute atomic E-state index is 0.0798. The molecule has 1 aliphatic rings. The van der Waals surface area contributed by atoms with Crippen LogP contribution in [-0.2, 0) is 4.74 Å². The van der Waals surface area contributed by atoms with Gasteiger partial charge in [0, 0.05) is 5.92 Å². The molecule has 0 radical (unpaired) electrons. The fourth-order valence-corrected chi connectivity index (χ4v) is 1.32. The highest BCUT2D eigenvalue weighted by atomic mass is 19.4. The molecule has 0 aromatic heterocycles. The van der Waals surface area contributed by atoms with Gasteiger partial charge in [0.2, 0.25) is 0 Å². The quantitative estimate of drug-likeness (QED) is 0.676. The molecule has 2 atom stereocenters. The largest absolute Gasteiger partial charge is 0.497 e. The highest BCUT2D eigenvalue weighted by Crippen LogP contribution is 2.36. The van der Waals surface area contributed by atoms with Crippen molar-refractivity contribution >= 4 is 0 Å². The van der Waals surface area contributed by atoms with Crippen molar-refractivity contribution in [3.63, 3.8) is 0 Å². The van der Waals surface area contributed by atoms with E-state index in [1.165, 1.54) is 0 Å². The molecular weight excluding hydrogens is 193 g/mol. The third-order valence-corrected chi connectivity index (χ3v) is 2.59. The van der Waals surface area contributed by atoms with Crippen molar-refractivity contribution in [1.82, 2.24) is 0 Å². The van der Waals surface area contributed by atoms with Crippen LogP contribution in [0.5, 0.6) is 0 Å². The van der Waals surface area contributed by atoms with E-state index in [1.807, 2.05) is 13.8 Å². The first-order valence-electron chi connectivity index (χ1n) is 4.73. The number of rotatable bonds is 2. The molecule has 0 aromatic rings. The van der Waals surface area contributed by atoms with Gasteiger partial charge in [0.05, 0.1) is 6.61 Å². The second-order valence-electron chi connectivity index (χ2n) is 4.05. The minimum atomic E-state index is -4.20. The van der Waals surface area contributed by atoms with Gasteiger partial charge in [-0.05, 0) is 18.9 Å². The van der Waals surface area contributed by atoms with Crippen molar-refractivity contribution in [1.29, 1.82) is 0 Å². The van der Waals surface area contributed by atoms with E-state index < -0.39 is 12.1 Å². The van der Waals surface area contributed by atoms with Crippen LogP contribution in [0.15, 0.2) is 11.8 Å². The van der Waals surface area contributed by atoms with Crippen LogP contribution in [0.1, 0.15) is 20.8 Å². The molecule has 1 rings (SSSR count). The van der Waals surface area contributed by atoms with Gasteiger partial charge in [-0.1, -0.05) is 13.8 Å². The monoisotopic (exact) mass is 208 g/mol. The van der Waals surface area contributed by atoms with Crippen molar-refractivity contribution in [2.24, 2.45) is 17.8 Å². The first kappa shape index (κ1) is 11.4. The van der Waals surface area contributed by atoms with Gasteiger partial charge in [-0.15, -0.1) is 0 Å². The van der Waals surface area contributed by atoms with Crippen molar-refractivity contribution in [2.75, 3.05) is 6.61 Å². The first-order chi connectivity index (χ1) is 6.32. The molecule has 4 heteroatoms. The fourth-order valence-electron chi connectivity index (χ4n) is 1.32. The number of allylic oxidation sites excluding steroid dienone is 1. The average Bonchev–Trinajstić information content (AvgIpc) is 2.48. The summed E-state index contributed by atoms with van der Waals surface area (Å²) in [6.45, 7) is 5.47. The van der Waals surface area contributed by atoms with E-state index in [9.17, 15) is 13.2 Å². The molecule has 1 aliphatic heterocycles. The smallest absolute Gasteiger partial charge is 0.398 e. The van der Waals surface area contributed by atoms with Gasteiger partial charge >= 0.3 is 6.18 Å². The van der Waals surface area contributed by atoms with Crippen LogP contribution in [0.3, 0.4) is 0 Å². The molecule has 0 N–H and O–H groups in total. The number of ether oxygens (including phenoxy) is 1. The summed E-state index contributed by atoms with van der Waals surface area (Å²) in [5.74, 6) is -0.954. The molecule has 0 bridgehead atoms. The molecule has 1 unspecified atom stereocenters. The Hall–Kier alpha value is -0.670. The summed E-state index contributed by atoms with van der Waals surface area (Å²) in [6.07, 6.45) is -2.58. The van der Waals surface area contributed by atoms with Crippen LogP contribution >= 0.6 is 0 Å². The van der Waals surface area contributed by atoms with Crippen LogP contribution in [0.2, 0.25) is 0 Å². The second-order valence-corrected chi connectivity index (χ2v) is 4.05. The highest BCUT2D eigenvalue weighted by molar-refractivity contribution is 5.08. The molecule has 0 spiro atoms. The third kappa shape index (κ3) is 2.42. The molecule has 1 nitrogen and oxygen atoms in total. The Bertz CT molecular complexity index is 230. The van der Waals surface area contributed by atoms with E-state index in [2.05, 4.69) is 0 Å². The van der Waals surface area contributed by atoms with Crippen LogP contribution in [0.4, 0.5) is 13.2 Å². The Labute approximate surface area is 81.9 Å². The van der Waals surface area contributed by atoms with E-state index in [4.69, 9.17) is 4.74 Å². The summed E-state index contributed by atoms with van der Waals surface area (Å²) >= 11 is 0. The molecule has 0 amide bonds. The standard InChI is InChI=1S/C10H15F3O/c1-6(2)8-4-9(14-5-8)7(3)10(11,12)13/h4,6-8H,5H2,1-3H3/t7-,8?/m0/s1. The molecule has 0 fully saturated rings. The lowest BCUT2D eigenvalue weighted by Crippen LogP contribution is -2.21. The van der Waals surface area contributed by atoms with E-state index in [0.29, 0.717) is 12.5 Å². The number of hydrogen-bond acceptors (Lipinski definition) is 1. The second kappa shape index (κ2) is 3.83. The Morgan fingerprint density at radius 3 is 2.29 bits per heavy atom. The first-order valence-corrected chi connectivity index (χ1v) is 4.73. The molecule has 0 aromatic carbocycles. The van der Waals surface area contributed by atoms with Crippen molar-refractivity contribution in [2.45, 2.75) is 26.9 Å². The zero-order chi connectivity index (χ0) is 10.9. The lowest BCUT2D eigenvalue weighted by atomic mass is 9.96. The van der Waals surface area contributed by atoms with Gasteiger partial charge < -0.3 is 4.74 Å². The number of alkyl halides is 3. The fraction of sp³-hybridized carbons (Fsp3) is 0.800. The molecule has 14 heavy (non-hydrogen) atoms. The summed E-state index contributed by atoms with van der Waals surface area (Å²) in [4.78, 5) is 0. The van der Waals surface area contributed by atoms with Crippen molar-refractivity contribution in [3.05, 3.63) is 11.8 Å². The topological polar surface area (TPSA) is 9.23 Å². The van der Waals surface area contributed by atoms with Crippen LogP contribution < -0.4 is 0 Å². The van der Waals surface area contributed by atoms with E-state index in [-0.39, 0.29) is 11.7 Å². The SMILES string of the molecule is CC(C)C1C=C([C@H](C)C(F)(F)F)OC1. The Kier molecular flexibility index (Phi) is 3.12. The maximum atomic E-state index is 12.3. The zero-order valence-corrected chi connectivity index (χ0v) is 8.56. The predicted molar refractivity (Wildman–Crippen MR) is 47.6 cm³/mol. The number of hydrogen-bond donors (Lipinski definition) is 0. The van der Waals surface area contributed by atoms with Gasteiger partial charge in [-0.2, -0.15) is 13.2 Å². The summed E-state index contributed by atoms with van der Waals surface area (Å²) in [7, 11) is 0. The van der Waals surface area contributed by atoms with Gasteiger partial charge in [0.25, 0.3) is 0 Å². The average molecular weight is 208 g/mol. The molecule has 0 saturated carbocycles. The molecule has 82 valence electrons. The lowest BCUT2D eigenvalue weighted by molar-refractivity contribution is -0.167. The van der Waals surface area contributed by atoms with Crippen LogP contribution in [0.25, 0.3) is 0 Å². The van der Waals surface area contributed by atoms with Gasteiger partial charge in [-0.25, -0.2) is 0 Å².